The molecule has 0 aliphatic heterocycles. The van der Waals surface area contributed by atoms with E-state index in [1.54, 1.807) is 13.3 Å². The Morgan fingerprint density at radius 1 is 1.04 bits per heavy atom. The fraction of sp³-hybridized carbons (Fsp3) is 0.556. The van der Waals surface area contributed by atoms with Crippen molar-refractivity contribution in [1.82, 2.24) is 25.1 Å². The molecule has 0 bridgehead atoms. The van der Waals surface area contributed by atoms with E-state index in [-0.39, 0.29) is 35.9 Å². The van der Waals surface area contributed by atoms with Crippen LogP contribution in [0.25, 0.3) is 11.1 Å². The molecule has 0 spiro atoms. The third kappa shape index (κ3) is 8.47. The Labute approximate surface area is 277 Å². The number of hydrogen-bond donors (Lipinski definition) is 1. The largest absolute Gasteiger partial charge is 0.494 e. The van der Waals surface area contributed by atoms with Crippen molar-refractivity contribution in [3.8, 4) is 22.9 Å². The zero-order chi connectivity index (χ0) is 33.5. The first-order valence-corrected chi connectivity index (χ1v) is 16.9. The summed E-state index contributed by atoms with van der Waals surface area (Å²) in [6, 6.07) is 10.1. The minimum Gasteiger partial charge on any atom is -0.494 e. The standard InChI is InChI=1S/C36H47N7O4/c1-23(2)40-36(45)47-30-12-10-27(11-13-30)35(44)42(34-18-28(16-17-38-34)29-20-39-43(22-29)24(3)4)21-25-6-8-26(9-7-25)31-14-15-33(46-5)32(19-37)41-31/h14-18,20,22-27,30H,6-13,21H2,1-5H3,(H,40,45)/t25-,26-,27-,30-. The second-order valence-electron chi connectivity index (χ2n) is 13.4. The van der Waals surface area contributed by atoms with Gasteiger partial charge in [0.15, 0.2) is 11.4 Å². The minimum absolute atomic E-state index is 0.00881. The molecule has 11 heteroatoms. The van der Waals surface area contributed by atoms with Gasteiger partial charge in [-0.1, -0.05) is 0 Å². The molecule has 2 aliphatic rings. The van der Waals surface area contributed by atoms with Crippen LogP contribution in [0.5, 0.6) is 5.75 Å². The van der Waals surface area contributed by atoms with Gasteiger partial charge < -0.3 is 14.8 Å². The van der Waals surface area contributed by atoms with Gasteiger partial charge in [0.2, 0.25) is 5.91 Å². The fourth-order valence-electron chi connectivity index (χ4n) is 6.71. The van der Waals surface area contributed by atoms with Crippen LogP contribution in [0.4, 0.5) is 10.6 Å². The van der Waals surface area contributed by atoms with Gasteiger partial charge in [-0.3, -0.25) is 14.4 Å². The third-order valence-electron chi connectivity index (χ3n) is 9.37. The molecule has 0 radical (unpaired) electrons. The summed E-state index contributed by atoms with van der Waals surface area (Å²) in [5.41, 5.74) is 3.19. The normalized spacial score (nSPS) is 21.2. The molecule has 2 aliphatic carbocycles. The minimum atomic E-state index is -0.400. The predicted molar refractivity (Wildman–Crippen MR) is 179 cm³/mol. The van der Waals surface area contributed by atoms with Crippen LogP contribution in [0.2, 0.25) is 0 Å². The fourth-order valence-corrected chi connectivity index (χ4v) is 6.71. The topological polar surface area (TPSA) is 135 Å². The summed E-state index contributed by atoms with van der Waals surface area (Å²) in [5, 5.41) is 16.8. The molecule has 0 unspecified atom stereocenters. The number of carbonyl (C=O) groups is 2. The molecule has 3 aromatic heterocycles. The Morgan fingerprint density at radius 2 is 1.79 bits per heavy atom. The number of nitriles is 1. The average Bonchev–Trinajstić information content (AvgIpc) is 3.58. The van der Waals surface area contributed by atoms with Crippen LogP contribution < -0.4 is 15.0 Å². The van der Waals surface area contributed by atoms with Gasteiger partial charge in [-0.25, -0.2) is 14.8 Å². The number of anilines is 1. The number of rotatable bonds is 10. The van der Waals surface area contributed by atoms with Crippen LogP contribution in [-0.2, 0) is 9.53 Å². The SMILES string of the molecule is COc1ccc([C@H]2CC[C@H](CN(c3cc(-c4cnn(C(C)C)c4)ccn3)C(=O)[C@H]3CC[C@H](OC(=O)NC(C)C)CC3)CC2)nc1C#N. The second-order valence-corrected chi connectivity index (χ2v) is 13.4. The number of alkyl carbamates (subject to hydrolysis) is 1. The molecule has 2 saturated carbocycles. The summed E-state index contributed by atoms with van der Waals surface area (Å²) in [7, 11) is 1.55. The van der Waals surface area contributed by atoms with Crippen LogP contribution in [-0.4, -0.2) is 57.5 Å². The van der Waals surface area contributed by atoms with Gasteiger partial charge in [0.05, 0.1) is 13.3 Å². The van der Waals surface area contributed by atoms with Crippen LogP contribution in [0, 0.1) is 23.2 Å². The van der Waals surface area contributed by atoms with Crippen molar-refractivity contribution in [2.24, 2.45) is 11.8 Å². The lowest BCUT2D eigenvalue weighted by molar-refractivity contribution is -0.124. The van der Waals surface area contributed by atoms with Crippen molar-refractivity contribution in [1.29, 1.82) is 5.26 Å². The molecule has 0 atom stereocenters. The van der Waals surface area contributed by atoms with E-state index in [0.717, 1.165) is 42.5 Å². The maximum atomic E-state index is 14.3. The number of aromatic nitrogens is 4. The van der Waals surface area contributed by atoms with Gasteiger partial charge >= 0.3 is 6.09 Å². The lowest BCUT2D eigenvalue weighted by Gasteiger charge is -2.35. The van der Waals surface area contributed by atoms with Gasteiger partial charge in [0.25, 0.3) is 0 Å². The predicted octanol–water partition coefficient (Wildman–Crippen LogP) is 6.80. The summed E-state index contributed by atoms with van der Waals surface area (Å²) in [6.07, 6.45) is 11.4. The molecule has 250 valence electrons. The molecular formula is C36H47N7O4. The first-order valence-electron chi connectivity index (χ1n) is 16.9. The van der Waals surface area contributed by atoms with E-state index >= 15 is 0 Å². The number of amides is 2. The molecular weight excluding hydrogens is 594 g/mol. The summed E-state index contributed by atoms with van der Waals surface area (Å²) in [6.45, 7) is 8.57. The number of ether oxygens (including phenoxy) is 2. The number of carbonyl (C=O) groups excluding carboxylic acids is 2. The van der Waals surface area contributed by atoms with Crippen molar-refractivity contribution in [2.45, 2.75) is 103 Å². The Morgan fingerprint density at radius 3 is 2.43 bits per heavy atom. The average molecular weight is 642 g/mol. The van der Waals surface area contributed by atoms with E-state index in [9.17, 15) is 14.9 Å². The number of methoxy groups -OCH3 is 1. The zero-order valence-electron chi connectivity index (χ0n) is 28.2. The highest BCUT2D eigenvalue weighted by atomic mass is 16.6. The van der Waals surface area contributed by atoms with Crippen LogP contribution >= 0.6 is 0 Å². The van der Waals surface area contributed by atoms with Gasteiger partial charge in [-0.2, -0.15) is 10.4 Å². The first-order chi connectivity index (χ1) is 22.6. The molecule has 11 nitrogen and oxygen atoms in total. The van der Waals surface area contributed by atoms with E-state index < -0.39 is 6.09 Å². The second kappa shape index (κ2) is 15.4. The molecule has 0 saturated heterocycles. The molecule has 47 heavy (non-hydrogen) atoms. The Bertz CT molecular complexity index is 1560. The van der Waals surface area contributed by atoms with Crippen molar-refractivity contribution >= 4 is 17.8 Å². The molecule has 2 fully saturated rings. The van der Waals surface area contributed by atoms with E-state index in [1.807, 2.05) is 60.1 Å². The quantitative estimate of drug-likeness (QED) is 0.255. The summed E-state index contributed by atoms with van der Waals surface area (Å²) in [5.74, 6) is 1.62. The lowest BCUT2D eigenvalue weighted by atomic mass is 9.79. The van der Waals surface area contributed by atoms with Crippen LogP contribution in [0.3, 0.4) is 0 Å². The first kappa shape index (κ1) is 33.9. The maximum Gasteiger partial charge on any atom is 0.407 e. The highest BCUT2D eigenvalue weighted by molar-refractivity contribution is 5.94. The van der Waals surface area contributed by atoms with Crippen LogP contribution in [0.1, 0.15) is 102 Å². The summed E-state index contributed by atoms with van der Waals surface area (Å²) in [4.78, 5) is 37.7. The molecule has 2 amide bonds. The highest BCUT2D eigenvalue weighted by Crippen LogP contribution is 2.38. The van der Waals surface area contributed by atoms with Gasteiger partial charge in [-0.05, 0) is 115 Å². The highest BCUT2D eigenvalue weighted by Gasteiger charge is 2.34. The monoisotopic (exact) mass is 641 g/mol. The van der Waals surface area contributed by atoms with E-state index in [1.165, 1.54) is 0 Å². The molecule has 5 rings (SSSR count). The van der Waals surface area contributed by atoms with Gasteiger partial charge in [-0.15, -0.1) is 0 Å². The third-order valence-corrected chi connectivity index (χ3v) is 9.37. The smallest absolute Gasteiger partial charge is 0.407 e. The van der Waals surface area contributed by atoms with Gasteiger partial charge in [0, 0.05) is 54.1 Å². The van der Waals surface area contributed by atoms with Crippen molar-refractivity contribution in [2.75, 3.05) is 18.6 Å². The Hall–Kier alpha value is -4.46. The van der Waals surface area contributed by atoms with Crippen molar-refractivity contribution < 1.29 is 19.1 Å². The lowest BCUT2D eigenvalue weighted by Crippen LogP contribution is -2.43. The van der Waals surface area contributed by atoms with Gasteiger partial charge in [0.1, 0.15) is 18.0 Å². The van der Waals surface area contributed by atoms with E-state index in [2.05, 4.69) is 35.3 Å². The maximum absolute atomic E-state index is 14.3. The van der Waals surface area contributed by atoms with E-state index in [0.29, 0.717) is 55.4 Å². The van der Waals surface area contributed by atoms with E-state index in [4.69, 9.17) is 14.5 Å². The molecule has 0 aromatic carbocycles. The number of pyridine rings is 2. The Kier molecular flexibility index (Phi) is 11.1. The van der Waals surface area contributed by atoms with Crippen LogP contribution in [0.15, 0.2) is 42.9 Å². The molecule has 3 aromatic rings. The number of hydrogen-bond acceptors (Lipinski definition) is 8. The summed E-state index contributed by atoms with van der Waals surface area (Å²) >= 11 is 0. The molecule has 3 heterocycles. The Balaban J connectivity index is 1.31. The van der Waals surface area contributed by atoms with Crippen molar-refractivity contribution in [3.05, 3.63) is 54.2 Å². The summed E-state index contributed by atoms with van der Waals surface area (Å²) < 4.78 is 12.8. The number of nitrogens with one attached hydrogen (secondary N) is 1. The molecule has 1 N–H and O–H groups in total. The zero-order valence-corrected chi connectivity index (χ0v) is 28.2. The number of nitrogens with zero attached hydrogens (tertiary/aromatic N) is 6. The van der Waals surface area contributed by atoms with Crippen molar-refractivity contribution in [3.63, 3.8) is 0 Å².